The maximum atomic E-state index is 12.8. The maximum absolute atomic E-state index is 12.8. The van der Waals surface area contributed by atoms with Crippen LogP contribution in [0.1, 0.15) is 23.5 Å². The molecule has 2 heterocycles. The van der Waals surface area contributed by atoms with Crippen molar-refractivity contribution in [3.8, 4) is 0 Å². The van der Waals surface area contributed by atoms with Gasteiger partial charge in [-0.25, -0.2) is 13.4 Å². The average molecular weight is 564 g/mol. The first-order valence-corrected chi connectivity index (χ1v) is 12.1. The molecule has 1 aromatic carbocycles. The largest absolute Gasteiger partial charge is 0.356 e. The van der Waals surface area contributed by atoms with Gasteiger partial charge in [0.25, 0.3) is 0 Å². The summed E-state index contributed by atoms with van der Waals surface area (Å²) in [4.78, 5) is 11.3. The SMILES string of the molecule is CN=C(NCC1CCN(S(=O)(=O)c2ccccc2)CC1)N(C)Cc1csc(C)n1.I. The van der Waals surface area contributed by atoms with E-state index < -0.39 is 10.0 Å². The molecule has 0 unspecified atom stereocenters. The van der Waals surface area contributed by atoms with Crippen molar-refractivity contribution in [3.05, 3.63) is 46.4 Å². The van der Waals surface area contributed by atoms with Crippen molar-refractivity contribution in [1.29, 1.82) is 0 Å². The molecular formula is C20H30IN5O2S2. The van der Waals surface area contributed by atoms with Gasteiger partial charge in [-0.3, -0.25) is 4.99 Å². The monoisotopic (exact) mass is 563 g/mol. The first-order chi connectivity index (χ1) is 13.9. The van der Waals surface area contributed by atoms with E-state index in [1.807, 2.05) is 20.0 Å². The quantitative estimate of drug-likeness (QED) is 0.332. The average Bonchev–Trinajstić information content (AvgIpc) is 3.14. The van der Waals surface area contributed by atoms with Crippen LogP contribution in [0.3, 0.4) is 0 Å². The number of aliphatic imine (C=N–C) groups is 1. The highest BCUT2D eigenvalue weighted by molar-refractivity contribution is 14.0. The fraction of sp³-hybridized carbons (Fsp3) is 0.500. The topological polar surface area (TPSA) is 77.9 Å². The number of benzene rings is 1. The van der Waals surface area contributed by atoms with Crippen LogP contribution in [0.15, 0.2) is 45.6 Å². The third kappa shape index (κ3) is 6.38. The summed E-state index contributed by atoms with van der Waals surface area (Å²) in [6, 6.07) is 8.67. The lowest BCUT2D eigenvalue weighted by Gasteiger charge is -2.32. The number of hydrogen-bond acceptors (Lipinski definition) is 5. The molecule has 0 saturated carbocycles. The molecule has 0 bridgehead atoms. The molecule has 10 heteroatoms. The van der Waals surface area contributed by atoms with Gasteiger partial charge in [0.1, 0.15) is 0 Å². The summed E-state index contributed by atoms with van der Waals surface area (Å²) in [6.07, 6.45) is 1.68. The molecule has 30 heavy (non-hydrogen) atoms. The molecule has 0 radical (unpaired) electrons. The summed E-state index contributed by atoms with van der Waals surface area (Å²) < 4.78 is 27.1. The minimum Gasteiger partial charge on any atom is -0.356 e. The van der Waals surface area contributed by atoms with E-state index in [4.69, 9.17) is 0 Å². The number of rotatable bonds is 6. The number of nitrogens with zero attached hydrogens (tertiary/aromatic N) is 4. The molecule has 0 spiro atoms. The van der Waals surface area contributed by atoms with E-state index in [1.54, 1.807) is 47.0 Å². The second kappa shape index (κ2) is 11.4. The first kappa shape index (κ1) is 25.0. The first-order valence-electron chi connectivity index (χ1n) is 9.78. The molecule has 1 fully saturated rings. The van der Waals surface area contributed by atoms with E-state index in [-0.39, 0.29) is 24.0 Å². The number of aryl methyl sites for hydroxylation is 1. The van der Waals surface area contributed by atoms with Crippen LogP contribution in [0.4, 0.5) is 0 Å². The normalized spacial score (nSPS) is 16.2. The Morgan fingerprint density at radius 2 is 1.97 bits per heavy atom. The van der Waals surface area contributed by atoms with Gasteiger partial charge in [-0.2, -0.15) is 4.31 Å². The van der Waals surface area contributed by atoms with Crippen LogP contribution < -0.4 is 5.32 Å². The van der Waals surface area contributed by atoms with E-state index in [2.05, 4.69) is 25.6 Å². The Kier molecular flexibility index (Phi) is 9.51. The van der Waals surface area contributed by atoms with Gasteiger partial charge in [0.05, 0.1) is 22.1 Å². The number of halogens is 1. The van der Waals surface area contributed by atoms with Crippen molar-refractivity contribution in [2.45, 2.75) is 31.2 Å². The Bertz CT molecular complexity index is 926. The molecule has 0 amide bonds. The van der Waals surface area contributed by atoms with Crippen molar-refractivity contribution in [2.24, 2.45) is 10.9 Å². The Hall–Kier alpha value is -1.24. The van der Waals surface area contributed by atoms with E-state index in [1.165, 1.54) is 0 Å². The number of guanidine groups is 1. The molecule has 1 aromatic heterocycles. The zero-order valence-corrected chi connectivity index (χ0v) is 21.6. The van der Waals surface area contributed by atoms with E-state index in [0.29, 0.717) is 30.4 Å². The van der Waals surface area contributed by atoms with Crippen molar-refractivity contribution >= 4 is 51.3 Å². The summed E-state index contributed by atoms with van der Waals surface area (Å²) >= 11 is 1.65. The van der Waals surface area contributed by atoms with Gasteiger partial charge in [0.2, 0.25) is 10.0 Å². The second-order valence-corrected chi connectivity index (χ2v) is 10.3. The molecule has 3 rings (SSSR count). The third-order valence-corrected chi connectivity index (χ3v) is 7.88. The summed E-state index contributed by atoms with van der Waals surface area (Å²) in [5, 5.41) is 6.57. The minimum absolute atomic E-state index is 0. The van der Waals surface area contributed by atoms with Gasteiger partial charge in [-0.05, 0) is 37.8 Å². The summed E-state index contributed by atoms with van der Waals surface area (Å²) in [5.74, 6) is 1.25. The fourth-order valence-corrected chi connectivity index (χ4v) is 5.61. The number of sulfonamides is 1. The van der Waals surface area contributed by atoms with Crippen LogP contribution in [-0.2, 0) is 16.6 Å². The van der Waals surface area contributed by atoms with Crippen LogP contribution in [0, 0.1) is 12.8 Å². The summed E-state index contributed by atoms with van der Waals surface area (Å²) in [6.45, 7) is 4.60. The van der Waals surface area contributed by atoms with Crippen molar-refractivity contribution in [3.63, 3.8) is 0 Å². The molecular weight excluding hydrogens is 533 g/mol. The van der Waals surface area contributed by atoms with E-state index in [9.17, 15) is 8.42 Å². The number of nitrogens with one attached hydrogen (secondary N) is 1. The van der Waals surface area contributed by atoms with Crippen LogP contribution in [0.2, 0.25) is 0 Å². The standard InChI is InChI=1S/C20H29N5O2S2.HI/c1-16-23-18(15-28-16)14-24(3)20(21-2)22-13-17-9-11-25(12-10-17)29(26,27)19-7-5-4-6-8-19;/h4-8,15,17H,9-14H2,1-3H3,(H,21,22);1H. The highest BCUT2D eigenvalue weighted by Crippen LogP contribution is 2.23. The minimum atomic E-state index is -3.39. The molecule has 1 aliphatic heterocycles. The van der Waals surface area contributed by atoms with Gasteiger partial charge in [0, 0.05) is 39.1 Å². The molecule has 1 saturated heterocycles. The Morgan fingerprint density at radius 3 is 2.53 bits per heavy atom. The lowest BCUT2D eigenvalue weighted by atomic mass is 9.98. The molecule has 1 aliphatic rings. The van der Waals surface area contributed by atoms with Crippen LogP contribution >= 0.6 is 35.3 Å². The van der Waals surface area contributed by atoms with Crippen LogP contribution in [0.25, 0.3) is 0 Å². The Morgan fingerprint density at radius 1 is 1.30 bits per heavy atom. The zero-order valence-electron chi connectivity index (χ0n) is 17.6. The van der Waals surface area contributed by atoms with Crippen LogP contribution in [-0.4, -0.2) is 62.3 Å². The van der Waals surface area contributed by atoms with Gasteiger partial charge in [-0.15, -0.1) is 35.3 Å². The number of hydrogen-bond donors (Lipinski definition) is 1. The van der Waals surface area contributed by atoms with Crippen LogP contribution in [0.5, 0.6) is 0 Å². The molecule has 7 nitrogen and oxygen atoms in total. The van der Waals surface area contributed by atoms with Crippen molar-refractivity contribution in [2.75, 3.05) is 33.7 Å². The maximum Gasteiger partial charge on any atom is 0.243 e. The van der Waals surface area contributed by atoms with Gasteiger partial charge >= 0.3 is 0 Å². The van der Waals surface area contributed by atoms with Gasteiger partial charge in [0.15, 0.2) is 5.96 Å². The van der Waals surface area contributed by atoms with Gasteiger partial charge in [-0.1, -0.05) is 18.2 Å². The highest BCUT2D eigenvalue weighted by Gasteiger charge is 2.29. The lowest BCUT2D eigenvalue weighted by molar-refractivity contribution is 0.272. The molecule has 166 valence electrons. The predicted molar refractivity (Wildman–Crippen MR) is 133 cm³/mol. The third-order valence-electron chi connectivity index (χ3n) is 5.14. The molecule has 2 aromatic rings. The molecule has 1 N–H and O–H groups in total. The highest BCUT2D eigenvalue weighted by atomic mass is 127. The summed E-state index contributed by atoms with van der Waals surface area (Å²) in [5.41, 5.74) is 1.04. The predicted octanol–water partition coefficient (Wildman–Crippen LogP) is 3.18. The number of piperidine rings is 1. The second-order valence-electron chi connectivity index (χ2n) is 7.30. The lowest BCUT2D eigenvalue weighted by Crippen LogP contribution is -2.44. The van der Waals surface area contributed by atoms with Crippen molar-refractivity contribution < 1.29 is 8.42 Å². The number of aromatic nitrogens is 1. The van der Waals surface area contributed by atoms with E-state index in [0.717, 1.165) is 36.0 Å². The molecule has 0 atom stereocenters. The van der Waals surface area contributed by atoms with Gasteiger partial charge < -0.3 is 10.2 Å². The number of thiazole rings is 1. The van der Waals surface area contributed by atoms with Crippen molar-refractivity contribution in [1.82, 2.24) is 19.5 Å². The summed E-state index contributed by atoms with van der Waals surface area (Å²) in [7, 11) is 0.385. The zero-order chi connectivity index (χ0) is 20.9. The smallest absolute Gasteiger partial charge is 0.243 e. The molecule has 0 aliphatic carbocycles. The fourth-order valence-electron chi connectivity index (χ4n) is 3.51. The Balaban J connectivity index is 0.00000320. The van der Waals surface area contributed by atoms with E-state index >= 15 is 0 Å². The Labute approximate surface area is 200 Å².